The van der Waals surface area contributed by atoms with E-state index < -0.39 is 105 Å². The van der Waals surface area contributed by atoms with Gasteiger partial charge in [-0.15, -0.1) is 6.58 Å². The van der Waals surface area contributed by atoms with E-state index in [1.54, 1.807) is 57.7 Å². The number of aliphatic hydroxyl groups excluding tert-OH is 2. The van der Waals surface area contributed by atoms with Gasteiger partial charge < -0.3 is 58.7 Å². The van der Waals surface area contributed by atoms with Gasteiger partial charge in [-0.25, -0.2) is 4.79 Å². The second-order valence-corrected chi connectivity index (χ2v) is 22.0. The number of fused-ring (bicyclic) bond motifs is 2. The van der Waals surface area contributed by atoms with Crippen molar-refractivity contribution >= 4 is 17.7 Å². The van der Waals surface area contributed by atoms with Gasteiger partial charge in [-0.1, -0.05) is 37.3 Å². The third-order valence-electron chi connectivity index (χ3n) is 19.9. The number of methoxy groups -OCH3 is 4. The van der Waals surface area contributed by atoms with Crippen molar-refractivity contribution in [1.82, 2.24) is 9.80 Å². The number of hydrogen-bond acceptors (Lipinski definition) is 17. The number of carbonyl (C=O) groups is 3. The van der Waals surface area contributed by atoms with Crippen LogP contribution >= 0.6 is 0 Å². The first-order valence-electron chi connectivity index (χ1n) is 25.0. The minimum atomic E-state index is -1.83. The fourth-order valence-electron chi connectivity index (χ4n) is 18.1. The number of carbonyl (C=O) groups excluding carboxylic acids is 3. The van der Waals surface area contributed by atoms with E-state index in [1.807, 2.05) is 19.1 Å². The number of Topliss-reactive ketones (excluding diaryl/α,β-unsaturated/α-hetero) is 1. The molecule has 1 unspecified atom stereocenters. The predicted molar refractivity (Wildman–Crippen MR) is 248 cm³/mol. The first kappa shape index (κ1) is 48.3. The molecule has 6 saturated carbocycles. The molecule has 7 aliphatic carbocycles. The third-order valence-corrected chi connectivity index (χ3v) is 19.9. The zero-order valence-corrected chi connectivity index (χ0v) is 40.8. The molecule has 2 aromatic rings. The Bertz CT molecular complexity index is 2460. The van der Waals surface area contributed by atoms with Crippen LogP contribution in [0, 0.1) is 34.5 Å². The summed E-state index contributed by atoms with van der Waals surface area (Å²) in [6.45, 7) is 10.0. The number of piperidine rings is 2. The van der Waals surface area contributed by atoms with Crippen molar-refractivity contribution in [2.45, 2.75) is 129 Å². The molecule has 10 aliphatic rings. The fraction of sp³-hybridized carbons (Fsp3) is 0.679. The SMILES string of the molecule is C=CCN1CC[C@]23c4c5ccc(O)c4O[C@H]2C(=O)CC[C@@]3(O)[C@H]1C5.CCN1C[C@]2(COC)[C@H](O)C[C@H](OC)[C@]34C1[C@H]([C@H](OC)[C@H]23)[C@]1(OC(C)=O)[C@H]2[C@@H](OC(=O)c3ccccc3)[C@](O)(C[C@H]24)[C@@H](OC)[C@@H]1O. The zero-order chi connectivity index (χ0) is 49.7. The first-order chi connectivity index (χ1) is 33.5. The molecule has 12 rings (SSSR count). The van der Waals surface area contributed by atoms with Gasteiger partial charge >= 0.3 is 11.9 Å². The molecule has 3 heterocycles. The van der Waals surface area contributed by atoms with Gasteiger partial charge in [0.25, 0.3) is 0 Å². The average Bonchev–Trinajstić information content (AvgIpc) is 3.90. The number of hydrogen-bond donors (Lipinski definition) is 5. The number of rotatable bonds is 11. The van der Waals surface area contributed by atoms with Crippen LogP contribution in [0.5, 0.6) is 11.5 Å². The Morgan fingerprint density at radius 3 is 2.39 bits per heavy atom. The zero-order valence-electron chi connectivity index (χ0n) is 40.8. The maximum Gasteiger partial charge on any atom is 0.338 e. The van der Waals surface area contributed by atoms with Crippen LogP contribution in [0.4, 0.5) is 0 Å². The van der Waals surface area contributed by atoms with Crippen LogP contribution in [0.15, 0.2) is 55.1 Å². The second-order valence-electron chi connectivity index (χ2n) is 22.0. The summed E-state index contributed by atoms with van der Waals surface area (Å²) < 4.78 is 43.4. The summed E-state index contributed by atoms with van der Waals surface area (Å²) in [6.07, 6.45) is -2.14. The molecular weight excluding hydrogens is 905 g/mol. The van der Waals surface area contributed by atoms with E-state index in [9.17, 15) is 39.9 Å². The Kier molecular flexibility index (Phi) is 11.4. The molecule has 380 valence electrons. The number of ketones is 1. The lowest BCUT2D eigenvalue weighted by Gasteiger charge is -2.70. The normalized spacial score (nSPS) is 46.3. The van der Waals surface area contributed by atoms with Crippen molar-refractivity contribution in [1.29, 1.82) is 0 Å². The quantitative estimate of drug-likeness (QED) is 0.160. The minimum Gasteiger partial charge on any atom is -0.504 e. The van der Waals surface area contributed by atoms with E-state index in [4.69, 9.17) is 33.2 Å². The summed E-state index contributed by atoms with van der Waals surface area (Å²) in [4.78, 5) is 44.2. The summed E-state index contributed by atoms with van der Waals surface area (Å²) in [5.41, 5.74) is -4.53. The lowest BCUT2D eigenvalue weighted by Crippen LogP contribution is -2.81. The number of aliphatic hydroxyl groups is 4. The summed E-state index contributed by atoms with van der Waals surface area (Å²) in [7, 11) is 6.27. The van der Waals surface area contributed by atoms with Crippen molar-refractivity contribution < 1.29 is 73.1 Å². The van der Waals surface area contributed by atoms with Crippen molar-refractivity contribution in [3.8, 4) is 11.5 Å². The van der Waals surface area contributed by atoms with Gasteiger partial charge in [0, 0.05) is 114 Å². The van der Waals surface area contributed by atoms with Gasteiger partial charge in [0.15, 0.2) is 29.0 Å². The fourth-order valence-corrected chi connectivity index (χ4v) is 18.1. The van der Waals surface area contributed by atoms with Crippen LogP contribution in [-0.2, 0) is 49.8 Å². The molecule has 2 spiro atoms. The van der Waals surface area contributed by atoms with Crippen LogP contribution in [0.3, 0.4) is 0 Å². The van der Waals surface area contributed by atoms with Crippen LogP contribution in [0.1, 0.15) is 67.4 Å². The van der Waals surface area contributed by atoms with Gasteiger partial charge in [-0.05, 0) is 61.9 Å². The van der Waals surface area contributed by atoms with E-state index in [0.29, 0.717) is 56.5 Å². The number of phenolic OH excluding ortho intramolecular Hbond substituents is 1. The maximum absolute atomic E-state index is 13.8. The molecule has 2 saturated heterocycles. The molecule has 9 bridgehead atoms. The smallest absolute Gasteiger partial charge is 0.338 e. The molecule has 3 aliphatic heterocycles. The van der Waals surface area contributed by atoms with Gasteiger partial charge in [0.1, 0.15) is 23.9 Å². The summed E-state index contributed by atoms with van der Waals surface area (Å²) in [5, 5.41) is 59.4. The number of aromatic hydroxyl groups is 1. The highest BCUT2D eigenvalue weighted by molar-refractivity contribution is 5.90. The second kappa shape index (κ2) is 16.5. The van der Waals surface area contributed by atoms with E-state index in [-0.39, 0.29) is 42.6 Å². The van der Waals surface area contributed by atoms with Crippen LogP contribution < -0.4 is 4.74 Å². The van der Waals surface area contributed by atoms with Crippen molar-refractivity contribution in [3.63, 3.8) is 0 Å². The van der Waals surface area contributed by atoms with Gasteiger partial charge in [-0.3, -0.25) is 19.4 Å². The standard InChI is InChI=1S/C34H47NO11.C19H21NO4/c1-7-35-15-31(16-41-3)20(37)13-21(42-4)33-19-14-32(40)28(45-30(39)18-11-9-8-10-12-18)22(19)34(46-17(2)36,27(38)29(32)44-6)23(26(33)35)24(43-5)25(31)33;1-2-8-20-9-7-18-15-11-3-4-12(21)16(15)24-17(18)13(22)5-6-19(18,23)14(20)10-11/h8-12,19-29,37-38,40H,7,13-16H2,1-6H3;2-4,14,17,21,23H,1,5-10H2/t19-,20-,21+,22-,23+,24+,25-,26?,27+,28-,29+,31+,32-,33+,34-;14-,17+,18+,19-/m11/s1. The van der Waals surface area contributed by atoms with Crippen molar-refractivity contribution in [2.75, 3.05) is 61.2 Å². The van der Waals surface area contributed by atoms with Crippen LogP contribution in [0.25, 0.3) is 0 Å². The molecule has 2 aromatic carbocycles. The van der Waals surface area contributed by atoms with Crippen LogP contribution in [0.2, 0.25) is 0 Å². The number of phenols is 1. The number of nitrogens with zero attached hydrogens (tertiary/aromatic N) is 2. The monoisotopic (exact) mass is 972 g/mol. The first-order valence-corrected chi connectivity index (χ1v) is 25.0. The minimum absolute atomic E-state index is 0.0408. The Balaban J connectivity index is 0.000000185. The Morgan fingerprint density at radius 2 is 1.73 bits per heavy atom. The predicted octanol–water partition coefficient (Wildman–Crippen LogP) is 1.95. The lowest BCUT2D eigenvalue weighted by atomic mass is 9.42. The number of likely N-dealkylation sites (tertiary alicyclic amines) is 2. The topological polar surface area (TPSA) is 223 Å². The molecule has 0 amide bonds. The highest BCUT2D eigenvalue weighted by atomic mass is 16.6. The lowest BCUT2D eigenvalue weighted by molar-refractivity contribution is -0.322. The average molecular weight is 973 g/mol. The van der Waals surface area contributed by atoms with Crippen molar-refractivity contribution in [2.24, 2.45) is 34.5 Å². The molecule has 0 aromatic heterocycles. The third kappa shape index (κ3) is 5.65. The van der Waals surface area contributed by atoms with Gasteiger partial charge in [-0.2, -0.15) is 0 Å². The molecule has 8 fully saturated rings. The van der Waals surface area contributed by atoms with E-state index >= 15 is 0 Å². The van der Waals surface area contributed by atoms with Crippen molar-refractivity contribution in [3.05, 3.63) is 71.8 Å². The number of ether oxygens (including phenoxy) is 7. The number of benzene rings is 2. The Hall–Kier alpha value is -4.01. The summed E-state index contributed by atoms with van der Waals surface area (Å²) >= 11 is 0. The summed E-state index contributed by atoms with van der Waals surface area (Å²) in [6, 6.07) is 11.7. The highest BCUT2D eigenvalue weighted by Gasteiger charge is 2.92. The molecule has 17 heteroatoms. The molecule has 0 radical (unpaired) electrons. The molecular formula is C53H68N2O15. The Morgan fingerprint density at radius 1 is 0.971 bits per heavy atom. The van der Waals surface area contributed by atoms with Gasteiger partial charge in [0.05, 0.1) is 41.5 Å². The van der Waals surface area contributed by atoms with E-state index in [2.05, 4.69) is 16.4 Å². The van der Waals surface area contributed by atoms with Crippen LogP contribution in [-0.4, -0.2) is 186 Å². The number of esters is 2. The van der Waals surface area contributed by atoms with E-state index in [0.717, 1.165) is 24.2 Å². The summed E-state index contributed by atoms with van der Waals surface area (Å²) in [5.74, 6) is -3.12. The van der Waals surface area contributed by atoms with Gasteiger partial charge in [0.2, 0.25) is 0 Å². The highest BCUT2D eigenvalue weighted by Crippen LogP contribution is 2.81. The molecule has 19 atom stereocenters. The Labute approximate surface area is 407 Å². The molecule has 17 nitrogen and oxygen atoms in total. The van der Waals surface area contributed by atoms with E-state index in [1.165, 1.54) is 14.0 Å². The molecule has 5 N–H and O–H groups in total. The maximum atomic E-state index is 13.8. The molecule has 70 heavy (non-hydrogen) atoms. The largest absolute Gasteiger partial charge is 0.504 e.